The van der Waals surface area contributed by atoms with Crippen molar-refractivity contribution in [2.45, 2.75) is 45.7 Å². The van der Waals surface area contributed by atoms with Gasteiger partial charge in [0.05, 0.1) is 14.2 Å². The van der Waals surface area contributed by atoms with Crippen LogP contribution >= 0.6 is 0 Å². The monoisotopic (exact) mass is 518 g/mol. The van der Waals surface area contributed by atoms with Crippen LogP contribution in [-0.2, 0) is 22.6 Å². The lowest BCUT2D eigenvalue weighted by Crippen LogP contribution is -2.51. The molecular weight excluding hydrogens is 480 g/mol. The normalized spacial score (nSPS) is 11.4. The number of nitrogens with zero attached hydrogens (tertiary/aromatic N) is 1. The first-order chi connectivity index (χ1) is 18.4. The number of benzene rings is 3. The van der Waals surface area contributed by atoms with Crippen LogP contribution in [0.2, 0.25) is 0 Å². The number of carbonyl (C=O) groups excluding carboxylic acids is 2. The van der Waals surface area contributed by atoms with Gasteiger partial charge in [-0.1, -0.05) is 73.5 Å². The van der Waals surface area contributed by atoms with Crippen LogP contribution < -0.4 is 19.5 Å². The van der Waals surface area contributed by atoms with Gasteiger partial charge in [-0.2, -0.15) is 0 Å². The van der Waals surface area contributed by atoms with Crippen LogP contribution in [0, 0.1) is 6.92 Å². The van der Waals surface area contributed by atoms with Crippen molar-refractivity contribution in [3.8, 4) is 17.2 Å². The maximum Gasteiger partial charge on any atom is 0.261 e. The van der Waals surface area contributed by atoms with E-state index in [1.807, 2.05) is 61.5 Å². The fraction of sp³-hybridized carbons (Fsp3) is 0.355. The zero-order valence-electron chi connectivity index (χ0n) is 22.7. The third-order valence-electron chi connectivity index (χ3n) is 6.26. The largest absolute Gasteiger partial charge is 0.496 e. The number of carbonyl (C=O) groups is 2. The molecule has 3 aromatic carbocycles. The van der Waals surface area contributed by atoms with Crippen LogP contribution in [-0.4, -0.2) is 50.1 Å². The van der Waals surface area contributed by atoms with Crippen molar-refractivity contribution < 1.29 is 23.8 Å². The highest BCUT2D eigenvalue weighted by molar-refractivity contribution is 5.88. The quantitative estimate of drug-likeness (QED) is 0.306. The number of aryl methyl sites for hydroxylation is 1. The molecule has 38 heavy (non-hydrogen) atoms. The van der Waals surface area contributed by atoms with Crippen molar-refractivity contribution >= 4 is 11.8 Å². The molecule has 0 spiro atoms. The molecule has 202 valence electrons. The number of ether oxygens (including phenoxy) is 3. The lowest BCUT2D eigenvalue weighted by molar-refractivity contribution is -0.142. The number of hydrogen-bond acceptors (Lipinski definition) is 5. The minimum atomic E-state index is -0.702. The minimum absolute atomic E-state index is 0.175. The zero-order chi connectivity index (χ0) is 27.3. The van der Waals surface area contributed by atoms with Crippen LogP contribution in [0.3, 0.4) is 0 Å². The highest BCUT2D eigenvalue weighted by Gasteiger charge is 2.30. The van der Waals surface area contributed by atoms with Crippen molar-refractivity contribution in [1.82, 2.24) is 10.2 Å². The van der Waals surface area contributed by atoms with Gasteiger partial charge >= 0.3 is 0 Å². The topological polar surface area (TPSA) is 77.1 Å². The van der Waals surface area contributed by atoms with Crippen LogP contribution in [0.4, 0.5) is 0 Å². The first kappa shape index (κ1) is 28.6. The summed E-state index contributed by atoms with van der Waals surface area (Å²) in [6.45, 7) is 4.69. The third kappa shape index (κ3) is 8.54. The zero-order valence-corrected chi connectivity index (χ0v) is 22.7. The third-order valence-corrected chi connectivity index (χ3v) is 6.26. The lowest BCUT2D eigenvalue weighted by Gasteiger charge is -2.31. The maximum atomic E-state index is 13.7. The van der Waals surface area contributed by atoms with Gasteiger partial charge in [0, 0.05) is 37.7 Å². The molecule has 0 saturated carbocycles. The van der Waals surface area contributed by atoms with Crippen LogP contribution in [0.1, 0.15) is 36.5 Å². The van der Waals surface area contributed by atoms with E-state index in [4.69, 9.17) is 14.2 Å². The molecule has 0 heterocycles. The fourth-order valence-electron chi connectivity index (χ4n) is 4.04. The number of rotatable bonds is 14. The molecule has 0 aliphatic carbocycles. The molecule has 0 aliphatic rings. The first-order valence-corrected chi connectivity index (χ1v) is 13.0. The molecule has 1 N–H and O–H groups in total. The number of unbranched alkanes of at least 4 members (excludes halogenated alkanes) is 1. The molecule has 1 atom stereocenters. The first-order valence-electron chi connectivity index (χ1n) is 13.0. The summed E-state index contributed by atoms with van der Waals surface area (Å²) in [4.78, 5) is 28.8. The van der Waals surface area contributed by atoms with E-state index in [0.29, 0.717) is 30.2 Å². The summed E-state index contributed by atoms with van der Waals surface area (Å²) in [5.74, 6) is 1.09. The Morgan fingerprint density at radius 2 is 1.50 bits per heavy atom. The summed E-state index contributed by atoms with van der Waals surface area (Å²) < 4.78 is 16.5. The van der Waals surface area contributed by atoms with Crippen LogP contribution in [0.25, 0.3) is 0 Å². The van der Waals surface area contributed by atoms with Crippen LogP contribution in [0.15, 0.2) is 72.8 Å². The fourth-order valence-corrected chi connectivity index (χ4v) is 4.04. The van der Waals surface area contributed by atoms with E-state index in [2.05, 4.69) is 12.2 Å². The molecule has 0 aromatic heterocycles. The van der Waals surface area contributed by atoms with E-state index < -0.39 is 6.04 Å². The van der Waals surface area contributed by atoms with E-state index in [1.54, 1.807) is 37.3 Å². The molecular formula is C31H38N2O5. The van der Waals surface area contributed by atoms with Gasteiger partial charge in [-0.15, -0.1) is 0 Å². The highest BCUT2D eigenvalue weighted by atomic mass is 16.5. The second kappa shape index (κ2) is 14.7. The number of amides is 2. The Kier molecular flexibility index (Phi) is 11.0. The van der Waals surface area contributed by atoms with E-state index in [0.717, 1.165) is 29.5 Å². The molecule has 0 bridgehead atoms. The summed E-state index contributed by atoms with van der Waals surface area (Å²) in [5, 5.41) is 3.03. The number of nitrogens with one attached hydrogen (secondary N) is 1. The molecule has 7 heteroatoms. The Morgan fingerprint density at radius 1 is 0.868 bits per heavy atom. The smallest absolute Gasteiger partial charge is 0.261 e. The Morgan fingerprint density at radius 3 is 2.11 bits per heavy atom. The molecule has 3 aromatic rings. The summed E-state index contributed by atoms with van der Waals surface area (Å²) in [5.41, 5.74) is 3.04. The average molecular weight is 519 g/mol. The summed E-state index contributed by atoms with van der Waals surface area (Å²) in [6.07, 6.45) is 2.23. The lowest BCUT2D eigenvalue weighted by atomic mass is 10.0. The Bertz CT molecular complexity index is 1140. The van der Waals surface area contributed by atoms with E-state index in [-0.39, 0.29) is 25.0 Å². The summed E-state index contributed by atoms with van der Waals surface area (Å²) >= 11 is 0. The standard InChI is InChI=1S/C31H38N2O5/c1-5-6-16-32-31(35)29(17-24-10-8-7-9-11-24)33(21-25-14-12-23(2)13-15-25)30(34)22-38-28-19-26(36-3)18-27(20-28)37-4/h7-15,18-20,29H,5-6,16-17,21-22H2,1-4H3,(H,32,35)/t29-/m0/s1. The van der Waals surface area contributed by atoms with Gasteiger partial charge in [0.25, 0.3) is 5.91 Å². The van der Waals surface area contributed by atoms with Crippen molar-refractivity contribution in [2.75, 3.05) is 27.4 Å². The van der Waals surface area contributed by atoms with E-state index in [9.17, 15) is 9.59 Å². The summed E-state index contributed by atoms with van der Waals surface area (Å²) in [6, 6.07) is 22.1. The van der Waals surface area contributed by atoms with Gasteiger partial charge in [-0.05, 0) is 24.5 Å². The number of methoxy groups -OCH3 is 2. The SMILES string of the molecule is CCCCNC(=O)[C@H](Cc1ccccc1)N(Cc1ccc(C)cc1)C(=O)COc1cc(OC)cc(OC)c1. The van der Waals surface area contributed by atoms with Gasteiger partial charge < -0.3 is 24.4 Å². The maximum absolute atomic E-state index is 13.7. The highest BCUT2D eigenvalue weighted by Crippen LogP contribution is 2.27. The Labute approximate surface area is 225 Å². The molecule has 0 fully saturated rings. The minimum Gasteiger partial charge on any atom is -0.496 e. The van der Waals surface area contributed by atoms with Crippen molar-refractivity contribution in [3.63, 3.8) is 0 Å². The summed E-state index contributed by atoms with van der Waals surface area (Å²) in [7, 11) is 3.11. The van der Waals surface area contributed by atoms with Crippen molar-refractivity contribution in [3.05, 3.63) is 89.5 Å². The van der Waals surface area contributed by atoms with Gasteiger partial charge in [-0.3, -0.25) is 9.59 Å². The average Bonchev–Trinajstić information content (AvgIpc) is 2.95. The van der Waals surface area contributed by atoms with Gasteiger partial charge in [0.1, 0.15) is 23.3 Å². The van der Waals surface area contributed by atoms with Crippen molar-refractivity contribution in [1.29, 1.82) is 0 Å². The van der Waals surface area contributed by atoms with Gasteiger partial charge in [0.2, 0.25) is 5.91 Å². The Hall–Kier alpha value is -4.00. The second-order valence-electron chi connectivity index (χ2n) is 9.19. The second-order valence-corrected chi connectivity index (χ2v) is 9.19. The van der Waals surface area contributed by atoms with Gasteiger partial charge in [0.15, 0.2) is 6.61 Å². The molecule has 0 saturated heterocycles. The molecule has 7 nitrogen and oxygen atoms in total. The van der Waals surface area contributed by atoms with Crippen LogP contribution in [0.5, 0.6) is 17.2 Å². The van der Waals surface area contributed by atoms with E-state index in [1.165, 1.54) is 0 Å². The molecule has 2 amide bonds. The van der Waals surface area contributed by atoms with Crippen molar-refractivity contribution in [2.24, 2.45) is 0 Å². The predicted octanol–water partition coefficient (Wildman–Crippen LogP) is 4.95. The number of hydrogen-bond donors (Lipinski definition) is 1. The van der Waals surface area contributed by atoms with Gasteiger partial charge in [-0.25, -0.2) is 0 Å². The Balaban J connectivity index is 1.89. The molecule has 0 radical (unpaired) electrons. The molecule has 0 aliphatic heterocycles. The molecule has 3 rings (SSSR count). The van der Waals surface area contributed by atoms with E-state index >= 15 is 0 Å². The molecule has 0 unspecified atom stereocenters. The predicted molar refractivity (Wildman–Crippen MR) is 149 cm³/mol.